The largest absolute Gasteiger partial charge is 0.507 e. The lowest BCUT2D eigenvalue weighted by Gasteiger charge is -2.25. The average Bonchev–Trinajstić information content (AvgIpc) is 3.05. The van der Waals surface area contributed by atoms with Crippen molar-refractivity contribution in [3.05, 3.63) is 101 Å². The van der Waals surface area contributed by atoms with Crippen LogP contribution in [0.5, 0.6) is 5.75 Å². The maximum absolute atomic E-state index is 14.8. The van der Waals surface area contributed by atoms with Crippen molar-refractivity contribution in [3.63, 3.8) is 0 Å². The number of nitrogens with zero attached hydrogens (tertiary/aromatic N) is 2. The molecule has 0 bridgehead atoms. The topological polar surface area (TPSA) is 79.7 Å². The number of halogens is 1. The summed E-state index contributed by atoms with van der Waals surface area (Å²) in [6.07, 6.45) is 3.15. The number of hydrogen-bond acceptors (Lipinski definition) is 5. The number of aromatic nitrogens is 1. The molecule has 1 aromatic heterocycles. The van der Waals surface area contributed by atoms with E-state index in [1.807, 2.05) is 6.92 Å². The third-order valence-electron chi connectivity index (χ3n) is 5.26. The molecule has 0 spiro atoms. The molecule has 2 heterocycles. The van der Waals surface area contributed by atoms with Crippen molar-refractivity contribution >= 4 is 17.4 Å². The number of aliphatic hydroxyl groups excluding tert-OH is 1. The van der Waals surface area contributed by atoms with Crippen molar-refractivity contribution in [2.45, 2.75) is 19.5 Å². The van der Waals surface area contributed by atoms with Crippen LogP contribution in [0.1, 0.15) is 29.7 Å². The predicted octanol–water partition coefficient (Wildman–Crippen LogP) is 4.24. The Morgan fingerprint density at radius 3 is 2.56 bits per heavy atom. The highest BCUT2D eigenvalue weighted by Gasteiger charge is 2.46. The number of likely N-dealkylation sites (tertiary alicyclic amines) is 1. The van der Waals surface area contributed by atoms with Crippen LogP contribution in [-0.4, -0.2) is 33.3 Å². The second-order valence-corrected chi connectivity index (χ2v) is 7.26. The molecule has 1 saturated heterocycles. The molecule has 3 aromatic rings. The van der Waals surface area contributed by atoms with E-state index in [1.54, 1.807) is 54.9 Å². The molecule has 6 nitrogen and oxygen atoms in total. The van der Waals surface area contributed by atoms with E-state index in [-0.39, 0.29) is 23.4 Å². The number of ketones is 1. The molecular formula is C25H21FN2O4. The summed E-state index contributed by atoms with van der Waals surface area (Å²) in [6.45, 7) is 2.31. The summed E-state index contributed by atoms with van der Waals surface area (Å²) in [5.41, 5.74) is 0.992. The highest BCUT2D eigenvalue weighted by Crippen LogP contribution is 2.41. The van der Waals surface area contributed by atoms with Crippen LogP contribution in [0.3, 0.4) is 0 Å². The van der Waals surface area contributed by atoms with E-state index in [2.05, 4.69) is 4.98 Å². The van der Waals surface area contributed by atoms with E-state index in [0.29, 0.717) is 17.9 Å². The Morgan fingerprint density at radius 1 is 1.09 bits per heavy atom. The number of pyridine rings is 1. The molecule has 4 rings (SSSR count). The van der Waals surface area contributed by atoms with E-state index in [0.717, 1.165) is 5.56 Å². The van der Waals surface area contributed by atoms with E-state index in [4.69, 9.17) is 4.74 Å². The first-order valence-electron chi connectivity index (χ1n) is 10.2. The van der Waals surface area contributed by atoms with Gasteiger partial charge in [0.15, 0.2) is 0 Å². The van der Waals surface area contributed by atoms with Gasteiger partial charge in [0.25, 0.3) is 11.7 Å². The second kappa shape index (κ2) is 9.01. The minimum Gasteiger partial charge on any atom is -0.507 e. The van der Waals surface area contributed by atoms with E-state index < -0.39 is 23.5 Å². The van der Waals surface area contributed by atoms with Gasteiger partial charge in [-0.3, -0.25) is 14.6 Å². The van der Waals surface area contributed by atoms with Crippen LogP contribution >= 0.6 is 0 Å². The molecule has 7 heteroatoms. The van der Waals surface area contributed by atoms with Gasteiger partial charge in [0, 0.05) is 30.1 Å². The fourth-order valence-corrected chi connectivity index (χ4v) is 3.80. The number of carbonyl (C=O) groups is 2. The Bertz CT molecular complexity index is 1190. The molecule has 1 fully saturated rings. The molecular weight excluding hydrogens is 411 g/mol. The summed E-state index contributed by atoms with van der Waals surface area (Å²) >= 11 is 0. The molecule has 2 aromatic carbocycles. The van der Waals surface area contributed by atoms with Gasteiger partial charge < -0.3 is 14.7 Å². The Labute approximate surface area is 184 Å². The van der Waals surface area contributed by atoms with Gasteiger partial charge in [-0.1, -0.05) is 30.3 Å². The Kier molecular flexibility index (Phi) is 5.98. The fraction of sp³-hybridized carbons (Fsp3) is 0.160. The third kappa shape index (κ3) is 3.97. The van der Waals surface area contributed by atoms with Crippen LogP contribution in [0.4, 0.5) is 4.39 Å². The second-order valence-electron chi connectivity index (χ2n) is 7.26. The van der Waals surface area contributed by atoms with Gasteiger partial charge >= 0.3 is 0 Å². The third-order valence-corrected chi connectivity index (χ3v) is 5.26. The summed E-state index contributed by atoms with van der Waals surface area (Å²) in [6, 6.07) is 14.8. The van der Waals surface area contributed by atoms with Gasteiger partial charge in [-0.25, -0.2) is 4.39 Å². The lowest BCUT2D eigenvalue weighted by atomic mass is 9.94. The van der Waals surface area contributed by atoms with E-state index in [1.165, 1.54) is 23.1 Å². The molecule has 32 heavy (non-hydrogen) atoms. The molecule has 1 aliphatic rings. The zero-order valence-corrected chi connectivity index (χ0v) is 17.4. The molecule has 1 aliphatic heterocycles. The van der Waals surface area contributed by atoms with Crippen molar-refractivity contribution in [3.8, 4) is 5.75 Å². The van der Waals surface area contributed by atoms with Crippen LogP contribution < -0.4 is 4.74 Å². The van der Waals surface area contributed by atoms with E-state index >= 15 is 0 Å². The number of carbonyl (C=O) groups excluding carboxylic acids is 2. The lowest BCUT2D eigenvalue weighted by Crippen LogP contribution is -2.29. The minimum absolute atomic E-state index is 0.0574. The number of Topliss-reactive ketones (excluding diaryl/α,β-unsaturated/α-hetero) is 1. The average molecular weight is 432 g/mol. The summed E-state index contributed by atoms with van der Waals surface area (Å²) < 4.78 is 20.3. The van der Waals surface area contributed by atoms with Crippen molar-refractivity contribution in [1.29, 1.82) is 0 Å². The van der Waals surface area contributed by atoms with Crippen LogP contribution in [0, 0.1) is 5.82 Å². The summed E-state index contributed by atoms with van der Waals surface area (Å²) in [5.74, 6) is -2.13. The molecule has 1 N–H and O–H groups in total. The first-order valence-corrected chi connectivity index (χ1v) is 10.2. The van der Waals surface area contributed by atoms with Gasteiger partial charge in [-0.2, -0.15) is 0 Å². The Morgan fingerprint density at radius 2 is 1.84 bits per heavy atom. The van der Waals surface area contributed by atoms with Crippen LogP contribution in [-0.2, 0) is 16.1 Å². The molecule has 1 atom stereocenters. The molecule has 0 saturated carbocycles. The summed E-state index contributed by atoms with van der Waals surface area (Å²) in [5, 5.41) is 11.1. The van der Waals surface area contributed by atoms with Crippen molar-refractivity contribution in [1.82, 2.24) is 9.88 Å². The van der Waals surface area contributed by atoms with Crippen molar-refractivity contribution < 1.29 is 23.8 Å². The maximum atomic E-state index is 14.8. The molecule has 0 radical (unpaired) electrons. The van der Waals surface area contributed by atoms with Crippen LogP contribution in [0.15, 0.2) is 78.6 Å². The predicted molar refractivity (Wildman–Crippen MR) is 116 cm³/mol. The number of aliphatic hydroxyl groups is 1. The lowest BCUT2D eigenvalue weighted by molar-refractivity contribution is -0.140. The Balaban J connectivity index is 1.87. The molecule has 0 aliphatic carbocycles. The SMILES string of the molecule is CCOc1cccc(/C(O)=C2\C(=O)C(=O)N(Cc3ccncc3)C2c2ccccc2F)c1. The zero-order valence-electron chi connectivity index (χ0n) is 17.4. The first kappa shape index (κ1) is 21.2. The van der Waals surface area contributed by atoms with Gasteiger partial charge in [-0.15, -0.1) is 0 Å². The number of rotatable bonds is 6. The maximum Gasteiger partial charge on any atom is 0.295 e. The summed E-state index contributed by atoms with van der Waals surface area (Å²) in [7, 11) is 0. The number of amides is 1. The quantitative estimate of drug-likeness (QED) is 0.358. The van der Waals surface area contributed by atoms with Gasteiger partial charge in [0.1, 0.15) is 17.3 Å². The monoisotopic (exact) mass is 432 g/mol. The van der Waals surface area contributed by atoms with Crippen LogP contribution in [0.25, 0.3) is 5.76 Å². The van der Waals surface area contributed by atoms with Gasteiger partial charge in [0.05, 0.1) is 18.2 Å². The number of ether oxygens (including phenoxy) is 1. The minimum atomic E-state index is -1.08. The highest BCUT2D eigenvalue weighted by atomic mass is 19.1. The summed E-state index contributed by atoms with van der Waals surface area (Å²) in [4.78, 5) is 31.3. The van der Waals surface area contributed by atoms with Crippen molar-refractivity contribution in [2.75, 3.05) is 6.61 Å². The molecule has 1 unspecified atom stereocenters. The zero-order chi connectivity index (χ0) is 22.7. The van der Waals surface area contributed by atoms with Gasteiger partial charge in [-0.05, 0) is 42.8 Å². The smallest absolute Gasteiger partial charge is 0.295 e. The number of hydrogen-bond donors (Lipinski definition) is 1. The molecule has 1 amide bonds. The van der Waals surface area contributed by atoms with E-state index in [9.17, 15) is 19.1 Å². The normalized spacial score (nSPS) is 17.6. The first-order chi connectivity index (χ1) is 15.5. The molecule has 162 valence electrons. The standard InChI is InChI=1S/C25H21FN2O4/c1-2-32-18-7-5-6-17(14-18)23(29)21-22(19-8-3-4-9-20(19)26)28(25(31)24(21)30)15-16-10-12-27-13-11-16/h3-14,22,29H,2,15H2,1H3/b23-21+. The highest BCUT2D eigenvalue weighted by molar-refractivity contribution is 6.46. The van der Waals surface area contributed by atoms with Gasteiger partial charge in [0.2, 0.25) is 0 Å². The van der Waals surface area contributed by atoms with Crippen LogP contribution in [0.2, 0.25) is 0 Å². The fourth-order valence-electron chi connectivity index (χ4n) is 3.80. The number of benzene rings is 2. The Hall–Kier alpha value is -4.00. The van der Waals surface area contributed by atoms with Crippen molar-refractivity contribution in [2.24, 2.45) is 0 Å².